The van der Waals surface area contributed by atoms with Crippen LogP contribution in [0.15, 0.2) is 66.2 Å². The first-order valence-electron chi connectivity index (χ1n) is 7.65. The molecule has 2 aromatic carbocycles. The van der Waals surface area contributed by atoms with Crippen LogP contribution in [-0.2, 0) is 0 Å². The van der Waals surface area contributed by atoms with Crippen molar-refractivity contribution in [3.8, 4) is 0 Å². The largest absolute Gasteiger partial charge is 0.0690 e. The van der Waals surface area contributed by atoms with E-state index < -0.39 is 0 Å². The van der Waals surface area contributed by atoms with Crippen molar-refractivity contribution < 1.29 is 0 Å². The van der Waals surface area contributed by atoms with E-state index in [2.05, 4.69) is 66.7 Å². The lowest BCUT2D eigenvalue weighted by Crippen LogP contribution is -1.95. The molecule has 0 bridgehead atoms. The Labute approximate surface area is 121 Å². The molecule has 0 heteroatoms. The number of hydrogen-bond acceptors (Lipinski definition) is 0. The van der Waals surface area contributed by atoms with Gasteiger partial charge in [-0.2, -0.15) is 0 Å². The van der Waals surface area contributed by atoms with Crippen LogP contribution in [0.5, 0.6) is 0 Å². The maximum absolute atomic E-state index is 2.41. The molecule has 2 atom stereocenters. The lowest BCUT2D eigenvalue weighted by molar-refractivity contribution is 0.521. The lowest BCUT2D eigenvalue weighted by Gasteiger charge is -2.07. The van der Waals surface area contributed by atoms with Crippen molar-refractivity contribution in [1.82, 2.24) is 0 Å². The minimum atomic E-state index is 0.599. The molecule has 2 aliphatic rings. The third-order valence-electron chi connectivity index (χ3n) is 5.09. The average Bonchev–Trinajstić information content (AvgIpc) is 3.06. The van der Waals surface area contributed by atoms with Crippen LogP contribution in [-0.4, -0.2) is 0 Å². The van der Waals surface area contributed by atoms with Crippen molar-refractivity contribution >= 4 is 6.08 Å². The molecule has 100 valence electrons. The van der Waals surface area contributed by atoms with E-state index in [0.29, 0.717) is 5.41 Å². The second kappa shape index (κ2) is 4.63. The predicted molar refractivity (Wildman–Crippen MR) is 84.5 cm³/mol. The highest BCUT2D eigenvalue weighted by atomic mass is 14.6. The minimum Gasteiger partial charge on any atom is -0.0690 e. The van der Waals surface area contributed by atoms with Crippen molar-refractivity contribution in [3.63, 3.8) is 0 Å². The van der Waals surface area contributed by atoms with Gasteiger partial charge >= 0.3 is 0 Å². The predicted octanol–water partition coefficient (Wildman–Crippen LogP) is 5.43. The van der Waals surface area contributed by atoms with Crippen molar-refractivity contribution in [2.45, 2.75) is 31.6 Å². The fourth-order valence-electron chi connectivity index (χ4n) is 3.92. The summed E-state index contributed by atoms with van der Waals surface area (Å²) in [6.45, 7) is 0. The minimum absolute atomic E-state index is 0.599. The number of hydrogen-bond donors (Lipinski definition) is 0. The Morgan fingerprint density at radius 2 is 1.60 bits per heavy atom. The standard InChI is InChI=1S/C20H20/c1-3-7-16(8-4-1)13-17-11-12-20(14-17)15-19(20)18-9-5-2-6-10-18/h1-10,13,19H,11-12,14-15H2/b17-13+. The van der Waals surface area contributed by atoms with Crippen LogP contribution in [0.25, 0.3) is 6.08 Å². The van der Waals surface area contributed by atoms with E-state index in [1.54, 1.807) is 11.1 Å². The van der Waals surface area contributed by atoms with Gasteiger partial charge in [0.1, 0.15) is 0 Å². The molecule has 20 heavy (non-hydrogen) atoms. The fourth-order valence-corrected chi connectivity index (χ4v) is 3.92. The van der Waals surface area contributed by atoms with Crippen molar-refractivity contribution in [1.29, 1.82) is 0 Å². The molecule has 2 fully saturated rings. The number of allylic oxidation sites excluding steroid dienone is 1. The Kier molecular flexibility index (Phi) is 2.77. The first-order valence-corrected chi connectivity index (χ1v) is 7.65. The van der Waals surface area contributed by atoms with Gasteiger partial charge in [0.2, 0.25) is 0 Å². The van der Waals surface area contributed by atoms with Gasteiger partial charge in [-0.05, 0) is 48.1 Å². The zero-order valence-corrected chi connectivity index (χ0v) is 11.8. The highest BCUT2D eigenvalue weighted by Crippen LogP contribution is 2.68. The van der Waals surface area contributed by atoms with Crippen molar-refractivity contribution in [3.05, 3.63) is 77.4 Å². The molecule has 2 unspecified atom stereocenters. The van der Waals surface area contributed by atoms with Crippen LogP contribution in [0, 0.1) is 5.41 Å². The summed E-state index contributed by atoms with van der Waals surface area (Å²) in [5.74, 6) is 0.811. The Bertz CT molecular complexity index is 624. The average molecular weight is 260 g/mol. The van der Waals surface area contributed by atoms with E-state index in [9.17, 15) is 0 Å². The van der Waals surface area contributed by atoms with E-state index in [1.165, 1.54) is 31.2 Å². The molecule has 0 N–H and O–H groups in total. The SMILES string of the molecule is C(=C1/CCC2(C1)CC2c1ccccc1)/c1ccccc1. The lowest BCUT2D eigenvalue weighted by atomic mass is 9.97. The molecule has 0 nitrogen and oxygen atoms in total. The van der Waals surface area contributed by atoms with E-state index in [0.717, 1.165) is 5.92 Å². The molecule has 0 aliphatic heterocycles. The van der Waals surface area contributed by atoms with Crippen LogP contribution in [0.4, 0.5) is 0 Å². The molecule has 0 aromatic heterocycles. The van der Waals surface area contributed by atoms with Crippen LogP contribution >= 0.6 is 0 Å². The monoisotopic (exact) mass is 260 g/mol. The molecule has 1 spiro atoms. The first-order chi connectivity index (χ1) is 9.86. The van der Waals surface area contributed by atoms with E-state index in [4.69, 9.17) is 0 Å². The zero-order valence-electron chi connectivity index (χ0n) is 11.8. The third kappa shape index (κ3) is 2.10. The maximum atomic E-state index is 2.41. The Hall–Kier alpha value is -1.82. The summed E-state index contributed by atoms with van der Waals surface area (Å²) in [6, 6.07) is 21.8. The second-order valence-electron chi connectivity index (χ2n) is 6.42. The van der Waals surface area contributed by atoms with Gasteiger partial charge in [0.15, 0.2) is 0 Å². The molecular formula is C20H20. The molecule has 2 saturated carbocycles. The maximum Gasteiger partial charge on any atom is -0.00963 e. The molecule has 0 saturated heterocycles. The highest BCUT2D eigenvalue weighted by Gasteiger charge is 2.56. The van der Waals surface area contributed by atoms with Gasteiger partial charge in [-0.1, -0.05) is 72.3 Å². The van der Waals surface area contributed by atoms with Gasteiger partial charge in [-0.3, -0.25) is 0 Å². The van der Waals surface area contributed by atoms with Gasteiger partial charge < -0.3 is 0 Å². The smallest absolute Gasteiger partial charge is 0.00963 e. The zero-order chi connectivity index (χ0) is 13.4. The van der Waals surface area contributed by atoms with Crippen molar-refractivity contribution in [2.24, 2.45) is 5.41 Å². The van der Waals surface area contributed by atoms with Gasteiger partial charge in [-0.25, -0.2) is 0 Å². The quantitative estimate of drug-likeness (QED) is 0.675. The Morgan fingerprint density at radius 1 is 0.900 bits per heavy atom. The van der Waals surface area contributed by atoms with E-state index >= 15 is 0 Å². The topological polar surface area (TPSA) is 0 Å². The van der Waals surface area contributed by atoms with Gasteiger partial charge in [-0.15, -0.1) is 0 Å². The summed E-state index contributed by atoms with van der Waals surface area (Å²) in [5.41, 5.74) is 5.15. The van der Waals surface area contributed by atoms with E-state index in [-0.39, 0.29) is 0 Å². The number of rotatable bonds is 2. The molecule has 0 radical (unpaired) electrons. The molecule has 0 amide bonds. The summed E-state index contributed by atoms with van der Waals surface area (Å²) in [7, 11) is 0. The Morgan fingerprint density at radius 3 is 2.35 bits per heavy atom. The highest BCUT2D eigenvalue weighted by molar-refractivity contribution is 5.54. The summed E-state index contributed by atoms with van der Waals surface area (Å²) in [5, 5.41) is 0. The van der Waals surface area contributed by atoms with Crippen LogP contribution in [0.3, 0.4) is 0 Å². The number of benzene rings is 2. The normalized spacial score (nSPS) is 30.0. The molecule has 0 heterocycles. The fraction of sp³-hybridized carbons (Fsp3) is 0.300. The van der Waals surface area contributed by atoms with Crippen molar-refractivity contribution in [2.75, 3.05) is 0 Å². The van der Waals surface area contributed by atoms with Crippen LogP contribution < -0.4 is 0 Å². The van der Waals surface area contributed by atoms with Gasteiger partial charge in [0, 0.05) is 0 Å². The molecule has 2 aromatic rings. The molecule has 2 aliphatic carbocycles. The summed E-state index contributed by atoms with van der Waals surface area (Å²) in [6.07, 6.45) is 7.78. The third-order valence-corrected chi connectivity index (χ3v) is 5.09. The summed E-state index contributed by atoms with van der Waals surface area (Å²) in [4.78, 5) is 0. The van der Waals surface area contributed by atoms with Crippen LogP contribution in [0.2, 0.25) is 0 Å². The second-order valence-corrected chi connectivity index (χ2v) is 6.42. The van der Waals surface area contributed by atoms with Gasteiger partial charge in [0.25, 0.3) is 0 Å². The Balaban J connectivity index is 1.51. The summed E-state index contributed by atoms with van der Waals surface area (Å²) >= 11 is 0. The van der Waals surface area contributed by atoms with Gasteiger partial charge in [0.05, 0.1) is 0 Å². The molecule has 4 rings (SSSR count). The van der Waals surface area contributed by atoms with E-state index in [1.807, 2.05) is 0 Å². The van der Waals surface area contributed by atoms with Crippen LogP contribution in [0.1, 0.15) is 42.7 Å². The summed E-state index contributed by atoms with van der Waals surface area (Å²) < 4.78 is 0. The first kappa shape index (κ1) is 12.0. The molecular weight excluding hydrogens is 240 g/mol.